The number of hydrogen-bond donors (Lipinski definition) is 2. The molecule has 1 saturated carbocycles. The first-order valence-electron chi connectivity index (χ1n) is 9.96. The molecule has 2 saturated heterocycles. The third-order valence-corrected chi connectivity index (χ3v) is 6.28. The Kier molecular flexibility index (Phi) is 4.43. The van der Waals surface area contributed by atoms with Crippen molar-refractivity contribution in [1.29, 1.82) is 0 Å². The number of rotatable bonds is 3. The summed E-state index contributed by atoms with van der Waals surface area (Å²) in [6.07, 6.45) is 4.50. The fourth-order valence-electron chi connectivity index (χ4n) is 5.51. The van der Waals surface area contributed by atoms with Crippen LogP contribution in [0.5, 0.6) is 0 Å². The van der Waals surface area contributed by atoms with E-state index < -0.39 is 11.6 Å². The molecule has 0 bridgehead atoms. The maximum Gasteiger partial charge on any atom is 0.325 e. The maximum absolute atomic E-state index is 13.2. The molecule has 3 atom stereocenters. The summed E-state index contributed by atoms with van der Waals surface area (Å²) in [5.41, 5.74) is -0.897. The molecule has 2 aliphatic heterocycles. The summed E-state index contributed by atoms with van der Waals surface area (Å²) in [6.45, 7) is 7.28. The minimum Gasteiger partial charge on any atom is -0.340 e. The normalized spacial score (nSPS) is 32.2. The van der Waals surface area contributed by atoms with E-state index in [1.165, 1.54) is 6.33 Å². The smallest absolute Gasteiger partial charge is 0.325 e. The van der Waals surface area contributed by atoms with E-state index in [1.54, 1.807) is 4.90 Å². The van der Waals surface area contributed by atoms with Gasteiger partial charge in [-0.05, 0) is 37.0 Å². The molecule has 2 N–H and O–H groups in total. The maximum atomic E-state index is 13.2. The number of carbonyl (C=O) groups is 3. The monoisotopic (exact) mass is 388 g/mol. The quantitative estimate of drug-likeness (QED) is 0.757. The van der Waals surface area contributed by atoms with Gasteiger partial charge in [0.05, 0.1) is 0 Å². The molecule has 152 valence electrons. The fraction of sp³-hybridized carbons (Fsp3) is 0.737. The van der Waals surface area contributed by atoms with E-state index in [1.807, 2.05) is 0 Å². The number of H-pyrrole nitrogens is 1. The number of urea groups is 1. The van der Waals surface area contributed by atoms with Crippen molar-refractivity contribution in [2.75, 3.05) is 19.6 Å². The Morgan fingerprint density at radius 2 is 2.11 bits per heavy atom. The zero-order valence-electron chi connectivity index (χ0n) is 16.7. The number of imide groups is 1. The molecule has 0 radical (unpaired) electrons. The topological polar surface area (TPSA) is 111 Å². The van der Waals surface area contributed by atoms with Crippen molar-refractivity contribution in [3.8, 4) is 0 Å². The second kappa shape index (κ2) is 6.56. The van der Waals surface area contributed by atoms with Crippen molar-refractivity contribution in [3.05, 3.63) is 12.2 Å². The van der Waals surface area contributed by atoms with Crippen LogP contribution in [0.25, 0.3) is 0 Å². The first kappa shape index (κ1) is 18.9. The van der Waals surface area contributed by atoms with E-state index in [-0.39, 0.29) is 29.7 Å². The van der Waals surface area contributed by atoms with Gasteiger partial charge in [-0.1, -0.05) is 20.8 Å². The highest BCUT2D eigenvalue weighted by Crippen LogP contribution is 2.46. The molecule has 1 aromatic heterocycles. The van der Waals surface area contributed by atoms with Crippen molar-refractivity contribution in [3.63, 3.8) is 0 Å². The first-order valence-corrected chi connectivity index (χ1v) is 9.96. The number of aromatic amines is 1. The fourth-order valence-corrected chi connectivity index (χ4v) is 5.51. The van der Waals surface area contributed by atoms with E-state index in [4.69, 9.17) is 0 Å². The minimum atomic E-state index is -0.869. The Morgan fingerprint density at radius 3 is 2.79 bits per heavy atom. The highest BCUT2D eigenvalue weighted by molar-refractivity contribution is 6.09. The van der Waals surface area contributed by atoms with Crippen LogP contribution in [-0.2, 0) is 9.59 Å². The number of likely N-dealkylation sites (tertiary alicyclic amines) is 1. The van der Waals surface area contributed by atoms with Crippen LogP contribution in [0.4, 0.5) is 4.79 Å². The standard InChI is InChI=1S/C19H28N6O3/c1-12-6-18(2,3)10-19(7-12)16(27)25(17(28)22-19)9-14(26)24-5-4-13(8-24)15-20-11-21-23-15/h11-13H,4-10H2,1-3H3,(H,22,28)(H,20,21,23). The van der Waals surface area contributed by atoms with Gasteiger partial charge < -0.3 is 10.2 Å². The van der Waals surface area contributed by atoms with Crippen LogP contribution in [0.15, 0.2) is 6.33 Å². The summed E-state index contributed by atoms with van der Waals surface area (Å²) in [7, 11) is 0. The molecule has 4 amide bonds. The van der Waals surface area contributed by atoms with Crippen molar-refractivity contribution in [1.82, 2.24) is 30.3 Å². The minimum absolute atomic E-state index is 0.0279. The van der Waals surface area contributed by atoms with Gasteiger partial charge in [0.15, 0.2) is 0 Å². The Bertz CT molecular complexity index is 792. The molecule has 1 aliphatic carbocycles. The molecule has 3 fully saturated rings. The average Bonchev–Trinajstić information content (AvgIpc) is 3.30. The van der Waals surface area contributed by atoms with Crippen molar-refractivity contribution in [2.24, 2.45) is 11.3 Å². The Morgan fingerprint density at radius 1 is 1.32 bits per heavy atom. The van der Waals surface area contributed by atoms with E-state index >= 15 is 0 Å². The predicted octanol–water partition coefficient (Wildman–Crippen LogP) is 1.26. The summed E-state index contributed by atoms with van der Waals surface area (Å²) in [6, 6.07) is -0.450. The molecule has 28 heavy (non-hydrogen) atoms. The number of aromatic nitrogens is 3. The second-order valence-electron chi connectivity index (χ2n) is 9.45. The molecule has 3 heterocycles. The van der Waals surface area contributed by atoms with Crippen LogP contribution < -0.4 is 5.32 Å². The highest BCUT2D eigenvalue weighted by Gasteiger charge is 2.56. The summed E-state index contributed by atoms with van der Waals surface area (Å²) in [5.74, 6) is 0.760. The lowest BCUT2D eigenvalue weighted by molar-refractivity contribution is -0.140. The Hall–Kier alpha value is -2.45. The van der Waals surface area contributed by atoms with E-state index in [0.29, 0.717) is 31.8 Å². The van der Waals surface area contributed by atoms with E-state index in [0.717, 1.165) is 23.6 Å². The Labute approximate surface area is 164 Å². The Balaban J connectivity index is 1.43. The average molecular weight is 388 g/mol. The van der Waals surface area contributed by atoms with Gasteiger partial charge in [-0.3, -0.25) is 19.6 Å². The predicted molar refractivity (Wildman–Crippen MR) is 100 cm³/mol. The van der Waals surface area contributed by atoms with Gasteiger partial charge in [-0.2, -0.15) is 5.10 Å². The third kappa shape index (κ3) is 3.27. The molecule has 9 heteroatoms. The van der Waals surface area contributed by atoms with Gasteiger partial charge in [-0.15, -0.1) is 0 Å². The van der Waals surface area contributed by atoms with Crippen molar-refractivity contribution in [2.45, 2.75) is 57.9 Å². The third-order valence-electron chi connectivity index (χ3n) is 6.28. The highest BCUT2D eigenvalue weighted by atomic mass is 16.2. The van der Waals surface area contributed by atoms with Crippen molar-refractivity contribution >= 4 is 17.8 Å². The number of amides is 4. The van der Waals surface area contributed by atoms with Gasteiger partial charge in [0.2, 0.25) is 5.91 Å². The summed E-state index contributed by atoms with van der Waals surface area (Å²) in [4.78, 5) is 45.5. The zero-order chi connectivity index (χ0) is 20.1. The SMILES string of the molecule is CC1CC(C)(C)CC2(C1)NC(=O)N(CC(=O)N1CCC(c3ncn[nH]3)C1)C2=O. The lowest BCUT2D eigenvalue weighted by atomic mass is 9.64. The van der Waals surface area contributed by atoms with Crippen LogP contribution in [0.2, 0.25) is 0 Å². The molecule has 1 spiro atoms. The largest absolute Gasteiger partial charge is 0.340 e. The van der Waals surface area contributed by atoms with Crippen LogP contribution >= 0.6 is 0 Å². The summed E-state index contributed by atoms with van der Waals surface area (Å²) >= 11 is 0. The van der Waals surface area contributed by atoms with Gasteiger partial charge >= 0.3 is 6.03 Å². The molecule has 4 rings (SSSR count). The summed E-state index contributed by atoms with van der Waals surface area (Å²) in [5, 5.41) is 9.63. The first-order chi connectivity index (χ1) is 13.2. The van der Waals surface area contributed by atoms with Gasteiger partial charge in [0.25, 0.3) is 5.91 Å². The lowest BCUT2D eigenvalue weighted by Gasteiger charge is -2.43. The zero-order valence-corrected chi connectivity index (χ0v) is 16.7. The van der Waals surface area contributed by atoms with Crippen molar-refractivity contribution < 1.29 is 14.4 Å². The molecule has 0 aromatic carbocycles. The van der Waals surface area contributed by atoms with E-state index in [2.05, 4.69) is 41.3 Å². The molecule has 3 unspecified atom stereocenters. The van der Waals surface area contributed by atoms with Crippen LogP contribution in [0.1, 0.15) is 58.2 Å². The molecule has 1 aromatic rings. The van der Waals surface area contributed by atoms with Gasteiger partial charge in [0, 0.05) is 19.0 Å². The number of carbonyl (C=O) groups excluding carboxylic acids is 3. The number of nitrogens with zero attached hydrogens (tertiary/aromatic N) is 4. The van der Waals surface area contributed by atoms with Crippen LogP contribution in [0.3, 0.4) is 0 Å². The lowest BCUT2D eigenvalue weighted by Crippen LogP contribution is -2.54. The number of hydrogen-bond acceptors (Lipinski definition) is 5. The summed E-state index contributed by atoms with van der Waals surface area (Å²) < 4.78 is 0. The van der Waals surface area contributed by atoms with Crippen LogP contribution in [-0.4, -0.2) is 68.0 Å². The number of nitrogens with one attached hydrogen (secondary N) is 2. The molecule has 3 aliphatic rings. The van der Waals surface area contributed by atoms with E-state index in [9.17, 15) is 14.4 Å². The second-order valence-corrected chi connectivity index (χ2v) is 9.45. The molecule has 9 nitrogen and oxygen atoms in total. The van der Waals surface area contributed by atoms with Crippen LogP contribution in [0, 0.1) is 11.3 Å². The van der Waals surface area contributed by atoms with Gasteiger partial charge in [0.1, 0.15) is 24.2 Å². The van der Waals surface area contributed by atoms with Gasteiger partial charge in [-0.25, -0.2) is 9.78 Å². The molecular formula is C19H28N6O3. The molecular weight excluding hydrogens is 360 g/mol.